The zero-order chi connectivity index (χ0) is 10.3. The van der Waals surface area contributed by atoms with Crippen molar-refractivity contribution in [2.24, 2.45) is 5.73 Å². The second-order valence-electron chi connectivity index (χ2n) is 3.27. The van der Waals surface area contributed by atoms with Crippen LogP contribution < -0.4 is 5.73 Å². The fourth-order valence-corrected chi connectivity index (χ4v) is 1.15. The lowest BCUT2D eigenvalue weighted by Gasteiger charge is -2.23. The van der Waals surface area contributed by atoms with Gasteiger partial charge in [0.05, 0.1) is 0 Å². The maximum atomic E-state index is 10.8. The zero-order valence-electron chi connectivity index (χ0n) is 7.95. The number of carbonyl (C=O) groups is 2. The van der Waals surface area contributed by atoms with Crippen LogP contribution >= 0.6 is 0 Å². The highest BCUT2D eigenvalue weighted by Gasteiger charge is 2.32. The molecule has 4 heteroatoms. The fraction of sp³-hybridized carbons (Fsp3) is 0.778. The molecule has 0 aromatic rings. The molecular weight excluding hydrogens is 170 g/mol. The van der Waals surface area contributed by atoms with E-state index < -0.39 is 11.5 Å². The van der Waals surface area contributed by atoms with E-state index in [9.17, 15) is 9.59 Å². The van der Waals surface area contributed by atoms with Crippen LogP contribution in [0.1, 0.15) is 39.0 Å². The number of unbranched alkanes of at least 4 members (excludes halogenated alkanes) is 1. The predicted octanol–water partition coefficient (Wildman–Crippen LogP) is 0.938. The predicted molar refractivity (Wildman–Crippen MR) is 49.4 cm³/mol. The maximum Gasteiger partial charge on any atom is 0.323 e. The van der Waals surface area contributed by atoms with Crippen molar-refractivity contribution < 1.29 is 14.7 Å². The van der Waals surface area contributed by atoms with Crippen molar-refractivity contribution >= 4 is 12.3 Å². The van der Waals surface area contributed by atoms with Crippen LogP contribution in [0.3, 0.4) is 0 Å². The van der Waals surface area contributed by atoms with E-state index >= 15 is 0 Å². The molecule has 0 spiro atoms. The van der Waals surface area contributed by atoms with Gasteiger partial charge in [0, 0.05) is 6.42 Å². The molecule has 0 aromatic carbocycles. The third-order valence-corrected chi connectivity index (χ3v) is 2.11. The van der Waals surface area contributed by atoms with Crippen molar-refractivity contribution in [3.63, 3.8) is 0 Å². The second kappa shape index (κ2) is 5.70. The molecule has 0 radical (unpaired) electrons. The molecule has 0 saturated carbocycles. The molecule has 0 bridgehead atoms. The van der Waals surface area contributed by atoms with E-state index in [0.29, 0.717) is 12.7 Å². The van der Waals surface area contributed by atoms with E-state index in [4.69, 9.17) is 10.8 Å². The quantitative estimate of drug-likeness (QED) is 0.581. The van der Waals surface area contributed by atoms with Crippen LogP contribution in [-0.4, -0.2) is 22.9 Å². The molecule has 0 saturated heterocycles. The normalized spacial score (nSPS) is 14.9. The molecule has 4 nitrogen and oxygen atoms in total. The summed E-state index contributed by atoms with van der Waals surface area (Å²) in [5.74, 6) is -1.01. The summed E-state index contributed by atoms with van der Waals surface area (Å²) in [7, 11) is 0. The van der Waals surface area contributed by atoms with Crippen molar-refractivity contribution in [3.8, 4) is 0 Å². The van der Waals surface area contributed by atoms with E-state index in [0.717, 1.165) is 12.8 Å². The Labute approximate surface area is 78.1 Å². The molecule has 0 aliphatic rings. The molecule has 0 amide bonds. The summed E-state index contributed by atoms with van der Waals surface area (Å²) < 4.78 is 0. The van der Waals surface area contributed by atoms with Gasteiger partial charge in [-0.05, 0) is 12.8 Å². The minimum absolute atomic E-state index is 0.215. The van der Waals surface area contributed by atoms with E-state index in [1.807, 2.05) is 6.92 Å². The minimum atomic E-state index is -1.21. The number of carboxylic acid groups (broad SMARTS) is 1. The third kappa shape index (κ3) is 4.03. The first-order chi connectivity index (χ1) is 6.06. The average molecular weight is 187 g/mol. The van der Waals surface area contributed by atoms with Crippen LogP contribution in [0.15, 0.2) is 0 Å². The van der Waals surface area contributed by atoms with Gasteiger partial charge in [0.2, 0.25) is 0 Å². The number of hydrogen-bond acceptors (Lipinski definition) is 3. The standard InChI is InChI=1S/C9H17NO3/c1-2-3-5-9(10,8(12)13)6-4-7-11/h7H,2-6,10H2,1H3,(H,12,13). The molecule has 76 valence electrons. The number of carbonyl (C=O) groups excluding carboxylic acids is 1. The van der Waals surface area contributed by atoms with E-state index in [-0.39, 0.29) is 12.8 Å². The van der Waals surface area contributed by atoms with E-state index in [1.165, 1.54) is 0 Å². The van der Waals surface area contributed by atoms with Gasteiger partial charge in [0.1, 0.15) is 11.8 Å². The largest absolute Gasteiger partial charge is 0.480 e. The molecule has 0 rings (SSSR count). The van der Waals surface area contributed by atoms with Gasteiger partial charge in [-0.3, -0.25) is 4.79 Å². The number of hydrogen-bond donors (Lipinski definition) is 2. The summed E-state index contributed by atoms with van der Waals surface area (Å²) >= 11 is 0. The Hall–Kier alpha value is -0.900. The summed E-state index contributed by atoms with van der Waals surface area (Å²) in [6.07, 6.45) is 3.27. The van der Waals surface area contributed by atoms with Crippen LogP contribution in [-0.2, 0) is 9.59 Å². The smallest absolute Gasteiger partial charge is 0.323 e. The van der Waals surface area contributed by atoms with Crippen molar-refractivity contribution in [1.29, 1.82) is 0 Å². The van der Waals surface area contributed by atoms with Crippen LogP contribution in [0.5, 0.6) is 0 Å². The lowest BCUT2D eigenvalue weighted by molar-refractivity contribution is -0.144. The number of carboxylic acids is 1. The topological polar surface area (TPSA) is 80.4 Å². The first-order valence-electron chi connectivity index (χ1n) is 4.52. The van der Waals surface area contributed by atoms with Crippen LogP contribution in [0.2, 0.25) is 0 Å². The van der Waals surface area contributed by atoms with Gasteiger partial charge in [-0.25, -0.2) is 0 Å². The summed E-state index contributed by atoms with van der Waals surface area (Å²) in [6, 6.07) is 0. The highest BCUT2D eigenvalue weighted by molar-refractivity contribution is 5.78. The van der Waals surface area contributed by atoms with Crippen LogP contribution in [0, 0.1) is 0 Å². The highest BCUT2D eigenvalue weighted by atomic mass is 16.4. The number of aldehydes is 1. The molecular formula is C9H17NO3. The fourth-order valence-electron chi connectivity index (χ4n) is 1.15. The highest BCUT2D eigenvalue weighted by Crippen LogP contribution is 2.17. The monoisotopic (exact) mass is 187 g/mol. The summed E-state index contributed by atoms with van der Waals surface area (Å²) in [5.41, 5.74) is 4.44. The van der Waals surface area contributed by atoms with Gasteiger partial charge in [0.15, 0.2) is 0 Å². The molecule has 1 unspecified atom stereocenters. The number of nitrogens with two attached hydrogens (primary N) is 1. The van der Waals surface area contributed by atoms with Gasteiger partial charge in [-0.2, -0.15) is 0 Å². The van der Waals surface area contributed by atoms with Gasteiger partial charge < -0.3 is 15.6 Å². The van der Waals surface area contributed by atoms with Crippen molar-refractivity contribution in [2.75, 3.05) is 0 Å². The Kier molecular flexibility index (Phi) is 5.30. The van der Waals surface area contributed by atoms with Gasteiger partial charge in [-0.1, -0.05) is 19.8 Å². The number of rotatable bonds is 7. The first kappa shape index (κ1) is 12.1. The summed E-state index contributed by atoms with van der Waals surface area (Å²) in [4.78, 5) is 20.9. The van der Waals surface area contributed by atoms with Gasteiger partial charge >= 0.3 is 5.97 Å². The molecule has 0 aliphatic heterocycles. The number of aliphatic carboxylic acids is 1. The molecule has 0 heterocycles. The Morgan fingerprint density at radius 3 is 2.54 bits per heavy atom. The van der Waals surface area contributed by atoms with Crippen molar-refractivity contribution in [3.05, 3.63) is 0 Å². The molecule has 1 atom stereocenters. The van der Waals surface area contributed by atoms with Crippen LogP contribution in [0.4, 0.5) is 0 Å². The molecule has 3 N–H and O–H groups in total. The van der Waals surface area contributed by atoms with Gasteiger partial charge in [-0.15, -0.1) is 0 Å². The maximum absolute atomic E-state index is 10.8. The lowest BCUT2D eigenvalue weighted by atomic mass is 9.89. The minimum Gasteiger partial charge on any atom is -0.480 e. The van der Waals surface area contributed by atoms with E-state index in [1.54, 1.807) is 0 Å². The SMILES string of the molecule is CCCCC(N)(CCC=O)C(=O)O. The van der Waals surface area contributed by atoms with Crippen molar-refractivity contribution in [2.45, 2.75) is 44.6 Å². The van der Waals surface area contributed by atoms with Crippen LogP contribution in [0.25, 0.3) is 0 Å². The summed E-state index contributed by atoms with van der Waals surface area (Å²) in [6.45, 7) is 1.97. The van der Waals surface area contributed by atoms with Crippen molar-refractivity contribution in [1.82, 2.24) is 0 Å². The Balaban J connectivity index is 4.15. The second-order valence-corrected chi connectivity index (χ2v) is 3.27. The average Bonchev–Trinajstić information content (AvgIpc) is 2.11. The Morgan fingerprint density at radius 2 is 2.15 bits per heavy atom. The van der Waals surface area contributed by atoms with E-state index in [2.05, 4.69) is 0 Å². The molecule has 0 fully saturated rings. The summed E-state index contributed by atoms with van der Waals surface area (Å²) in [5, 5.41) is 8.84. The Bertz CT molecular complexity index is 182. The lowest BCUT2D eigenvalue weighted by Crippen LogP contribution is -2.47. The first-order valence-corrected chi connectivity index (χ1v) is 4.52. The molecule has 0 aliphatic carbocycles. The van der Waals surface area contributed by atoms with Gasteiger partial charge in [0.25, 0.3) is 0 Å². The Morgan fingerprint density at radius 1 is 1.54 bits per heavy atom. The molecule has 0 aromatic heterocycles. The zero-order valence-corrected chi connectivity index (χ0v) is 7.95. The third-order valence-electron chi connectivity index (χ3n) is 2.11. The molecule has 13 heavy (non-hydrogen) atoms.